The molecule has 1 saturated heterocycles. The van der Waals surface area contributed by atoms with Crippen LogP contribution in [0, 0.1) is 0 Å². The molecule has 1 fully saturated rings. The van der Waals surface area contributed by atoms with Crippen LogP contribution >= 0.6 is 0 Å². The minimum Gasteiger partial charge on any atom is -0.394 e. The second-order valence-electron chi connectivity index (χ2n) is 5.60. The number of piperazine rings is 1. The SMILES string of the molecule is COCCOCOC[C@H]1NC(=O)[C@@H](CO)N(Cc2ccccc2)C1=O. The highest BCUT2D eigenvalue weighted by Crippen LogP contribution is 2.15. The van der Waals surface area contributed by atoms with Gasteiger partial charge in [0.05, 0.1) is 26.4 Å². The van der Waals surface area contributed by atoms with Gasteiger partial charge in [-0.2, -0.15) is 0 Å². The summed E-state index contributed by atoms with van der Waals surface area (Å²) in [5.74, 6) is -0.689. The summed E-state index contributed by atoms with van der Waals surface area (Å²) in [7, 11) is 1.57. The monoisotopic (exact) mass is 352 g/mol. The summed E-state index contributed by atoms with van der Waals surface area (Å²) in [5, 5.41) is 12.1. The lowest BCUT2D eigenvalue weighted by Gasteiger charge is -2.38. The first-order valence-corrected chi connectivity index (χ1v) is 8.07. The second-order valence-corrected chi connectivity index (χ2v) is 5.60. The van der Waals surface area contributed by atoms with E-state index in [-0.39, 0.29) is 25.9 Å². The van der Waals surface area contributed by atoms with Gasteiger partial charge in [-0.15, -0.1) is 0 Å². The van der Waals surface area contributed by atoms with Gasteiger partial charge in [0, 0.05) is 13.7 Å². The number of carbonyl (C=O) groups is 2. The molecule has 0 unspecified atom stereocenters. The number of methoxy groups -OCH3 is 1. The number of nitrogens with one attached hydrogen (secondary N) is 1. The summed E-state index contributed by atoms with van der Waals surface area (Å²) in [6.45, 7) is 0.656. The Hall–Kier alpha value is -2.00. The molecule has 1 aromatic rings. The lowest BCUT2D eigenvalue weighted by molar-refractivity contribution is -0.155. The molecule has 8 nitrogen and oxygen atoms in total. The van der Waals surface area contributed by atoms with Crippen molar-refractivity contribution in [2.24, 2.45) is 0 Å². The highest BCUT2D eigenvalue weighted by Gasteiger charge is 2.40. The first-order valence-electron chi connectivity index (χ1n) is 8.07. The number of rotatable bonds is 10. The number of benzene rings is 1. The van der Waals surface area contributed by atoms with Crippen LogP contribution in [0.2, 0.25) is 0 Å². The number of nitrogens with zero attached hydrogens (tertiary/aromatic N) is 1. The third-order valence-corrected chi connectivity index (χ3v) is 3.83. The molecular formula is C17H24N2O6. The van der Waals surface area contributed by atoms with E-state index < -0.39 is 24.6 Å². The summed E-state index contributed by atoms with van der Waals surface area (Å²) >= 11 is 0. The maximum atomic E-state index is 12.7. The van der Waals surface area contributed by atoms with Gasteiger partial charge < -0.3 is 29.5 Å². The molecule has 1 aliphatic heterocycles. The van der Waals surface area contributed by atoms with E-state index >= 15 is 0 Å². The fraction of sp³-hybridized carbons (Fsp3) is 0.529. The van der Waals surface area contributed by atoms with Crippen molar-refractivity contribution < 1.29 is 28.9 Å². The molecule has 2 atom stereocenters. The predicted molar refractivity (Wildman–Crippen MR) is 88.4 cm³/mol. The summed E-state index contributed by atoms with van der Waals surface area (Å²) in [4.78, 5) is 26.2. The summed E-state index contributed by atoms with van der Waals surface area (Å²) in [5.41, 5.74) is 0.881. The van der Waals surface area contributed by atoms with Gasteiger partial charge in [-0.3, -0.25) is 9.59 Å². The Bertz CT molecular complexity index is 553. The average molecular weight is 352 g/mol. The molecule has 8 heteroatoms. The maximum absolute atomic E-state index is 12.7. The van der Waals surface area contributed by atoms with Crippen LogP contribution in [-0.4, -0.2) is 74.2 Å². The quantitative estimate of drug-likeness (QED) is 0.436. The lowest BCUT2D eigenvalue weighted by Crippen LogP contribution is -2.65. The standard InChI is InChI=1S/C17H24N2O6/c1-23-7-8-24-12-25-11-14-17(22)19(15(10-20)16(21)18-14)9-13-5-3-2-4-6-13/h2-6,14-15,20H,7-12H2,1H3,(H,18,21)/t14-,15-/m1/s1. The van der Waals surface area contributed by atoms with E-state index in [0.717, 1.165) is 5.56 Å². The molecule has 0 saturated carbocycles. The number of amides is 2. The largest absolute Gasteiger partial charge is 0.394 e. The molecule has 1 heterocycles. The van der Waals surface area contributed by atoms with Gasteiger partial charge in [0.1, 0.15) is 18.9 Å². The topological polar surface area (TPSA) is 97.3 Å². The number of carbonyl (C=O) groups excluding carboxylic acids is 2. The summed E-state index contributed by atoms with van der Waals surface area (Å²) < 4.78 is 15.3. The van der Waals surface area contributed by atoms with Crippen molar-refractivity contribution in [3.05, 3.63) is 35.9 Å². The van der Waals surface area contributed by atoms with Crippen molar-refractivity contribution in [1.82, 2.24) is 10.2 Å². The van der Waals surface area contributed by atoms with E-state index in [0.29, 0.717) is 13.2 Å². The van der Waals surface area contributed by atoms with Crippen LogP contribution in [0.1, 0.15) is 5.56 Å². The Morgan fingerprint density at radius 1 is 1.16 bits per heavy atom. The van der Waals surface area contributed by atoms with Crippen molar-refractivity contribution in [3.63, 3.8) is 0 Å². The van der Waals surface area contributed by atoms with E-state index in [1.807, 2.05) is 30.3 Å². The third-order valence-electron chi connectivity index (χ3n) is 3.83. The van der Waals surface area contributed by atoms with Crippen LogP contribution in [0.15, 0.2) is 30.3 Å². The van der Waals surface area contributed by atoms with Gasteiger partial charge in [-0.1, -0.05) is 30.3 Å². The number of hydrogen-bond donors (Lipinski definition) is 2. The molecule has 1 aromatic carbocycles. The van der Waals surface area contributed by atoms with Crippen LogP contribution in [0.25, 0.3) is 0 Å². The zero-order valence-corrected chi connectivity index (χ0v) is 14.2. The van der Waals surface area contributed by atoms with E-state index in [1.54, 1.807) is 7.11 Å². The van der Waals surface area contributed by atoms with Crippen LogP contribution in [-0.2, 0) is 30.3 Å². The molecule has 0 spiro atoms. The van der Waals surface area contributed by atoms with Crippen LogP contribution in [0.4, 0.5) is 0 Å². The zero-order chi connectivity index (χ0) is 18.1. The molecule has 0 aromatic heterocycles. The predicted octanol–water partition coefficient (Wildman–Crippen LogP) is -0.488. The Labute approximate surface area is 146 Å². The molecule has 0 radical (unpaired) electrons. The molecule has 2 amide bonds. The number of aliphatic hydroxyl groups excluding tert-OH is 1. The molecule has 2 rings (SSSR count). The van der Waals surface area contributed by atoms with Crippen LogP contribution in [0.3, 0.4) is 0 Å². The highest BCUT2D eigenvalue weighted by atomic mass is 16.7. The molecule has 1 aliphatic rings. The van der Waals surface area contributed by atoms with Crippen LogP contribution in [0.5, 0.6) is 0 Å². The van der Waals surface area contributed by atoms with Gasteiger partial charge in [0.2, 0.25) is 11.8 Å². The molecule has 0 bridgehead atoms. The van der Waals surface area contributed by atoms with Crippen molar-refractivity contribution in [2.75, 3.05) is 40.3 Å². The minimum atomic E-state index is -0.901. The first-order chi connectivity index (χ1) is 12.2. The van der Waals surface area contributed by atoms with Gasteiger partial charge >= 0.3 is 0 Å². The summed E-state index contributed by atoms with van der Waals surface area (Å²) in [6, 6.07) is 7.61. The fourth-order valence-electron chi connectivity index (χ4n) is 2.51. The Balaban J connectivity index is 1.94. The van der Waals surface area contributed by atoms with Gasteiger partial charge in [-0.25, -0.2) is 0 Å². The number of hydrogen-bond acceptors (Lipinski definition) is 6. The number of aliphatic hydroxyl groups is 1. The summed E-state index contributed by atoms with van der Waals surface area (Å²) in [6.07, 6.45) is 0. The molecule has 25 heavy (non-hydrogen) atoms. The molecular weight excluding hydrogens is 328 g/mol. The third kappa shape index (κ3) is 5.50. The minimum absolute atomic E-state index is 0.000986. The normalized spacial score (nSPS) is 20.6. The van der Waals surface area contributed by atoms with Crippen molar-refractivity contribution in [3.8, 4) is 0 Å². The van der Waals surface area contributed by atoms with Crippen molar-refractivity contribution >= 4 is 11.8 Å². The smallest absolute Gasteiger partial charge is 0.248 e. The first kappa shape index (κ1) is 19.3. The molecule has 138 valence electrons. The van der Waals surface area contributed by atoms with Crippen LogP contribution < -0.4 is 5.32 Å². The van der Waals surface area contributed by atoms with E-state index in [9.17, 15) is 14.7 Å². The lowest BCUT2D eigenvalue weighted by atomic mass is 10.1. The Kier molecular flexibility index (Phi) is 7.80. The average Bonchev–Trinajstić information content (AvgIpc) is 2.62. The number of ether oxygens (including phenoxy) is 3. The van der Waals surface area contributed by atoms with E-state index in [4.69, 9.17) is 14.2 Å². The highest BCUT2D eigenvalue weighted by molar-refractivity contribution is 5.97. The van der Waals surface area contributed by atoms with E-state index in [1.165, 1.54) is 4.90 Å². The van der Waals surface area contributed by atoms with Gasteiger partial charge in [0.25, 0.3) is 0 Å². The van der Waals surface area contributed by atoms with Gasteiger partial charge in [-0.05, 0) is 5.56 Å². The van der Waals surface area contributed by atoms with Crippen molar-refractivity contribution in [2.45, 2.75) is 18.6 Å². The molecule has 0 aliphatic carbocycles. The Morgan fingerprint density at radius 3 is 2.60 bits per heavy atom. The molecule has 2 N–H and O–H groups in total. The zero-order valence-electron chi connectivity index (χ0n) is 14.2. The fourth-order valence-corrected chi connectivity index (χ4v) is 2.51. The van der Waals surface area contributed by atoms with E-state index in [2.05, 4.69) is 5.32 Å². The Morgan fingerprint density at radius 2 is 1.92 bits per heavy atom. The second kappa shape index (κ2) is 10.1. The van der Waals surface area contributed by atoms with Crippen molar-refractivity contribution in [1.29, 1.82) is 0 Å². The maximum Gasteiger partial charge on any atom is 0.248 e. The van der Waals surface area contributed by atoms with Gasteiger partial charge in [0.15, 0.2) is 0 Å².